The van der Waals surface area contributed by atoms with Crippen molar-refractivity contribution in [3.63, 3.8) is 0 Å². The molecule has 22 heteroatoms. The summed E-state index contributed by atoms with van der Waals surface area (Å²) in [5.41, 5.74) is 17.8. The summed E-state index contributed by atoms with van der Waals surface area (Å²) >= 11 is 0. The molecule has 0 aromatic rings. The molecule has 0 aliphatic rings. The van der Waals surface area contributed by atoms with E-state index in [-0.39, 0.29) is 78.3 Å². The standard InChI is InChI=1S/C29H52N6O14P2/c1-7-14-42-50(38,46-22-28(32-34-30)20-40-18-12-24(3)48-26(5)36)44-16-10-9-11-17-45-51(39,43-15-8-2)47-23-29(33-35-31)21-41-19-13-25(4)49-27(6)37/h7-8,24-25,28-29H,1-2,9-23H2,3-6H3. The van der Waals surface area contributed by atoms with E-state index in [2.05, 4.69) is 33.2 Å². The molecule has 0 aliphatic heterocycles. The number of carbonyl (C=O) groups excluding carboxylic acids is 2. The summed E-state index contributed by atoms with van der Waals surface area (Å²) in [7, 11) is -8.16. The van der Waals surface area contributed by atoms with Gasteiger partial charge >= 0.3 is 27.6 Å². The van der Waals surface area contributed by atoms with Gasteiger partial charge in [0.1, 0.15) is 12.2 Å². The zero-order chi connectivity index (χ0) is 38.4. The zero-order valence-electron chi connectivity index (χ0n) is 29.8. The number of hydrogen-bond acceptors (Lipinski definition) is 16. The number of rotatable bonds is 34. The van der Waals surface area contributed by atoms with Crippen LogP contribution in [0.2, 0.25) is 0 Å². The van der Waals surface area contributed by atoms with Gasteiger partial charge in [-0.05, 0) is 44.2 Å². The number of carbonyl (C=O) groups is 2. The summed E-state index contributed by atoms with van der Waals surface area (Å²) in [6, 6.07) is -1.70. The minimum absolute atomic E-state index is 0.0419. The Labute approximate surface area is 298 Å². The van der Waals surface area contributed by atoms with Gasteiger partial charge in [-0.2, -0.15) is 0 Å². The third kappa shape index (κ3) is 27.5. The number of nitrogens with zero attached hydrogens (tertiary/aromatic N) is 6. The van der Waals surface area contributed by atoms with Gasteiger partial charge in [-0.3, -0.25) is 36.7 Å². The summed E-state index contributed by atoms with van der Waals surface area (Å²) in [6.07, 6.45) is 4.07. The first kappa shape index (κ1) is 48.2. The van der Waals surface area contributed by atoms with E-state index in [0.717, 1.165) is 0 Å². The fraction of sp³-hybridized carbons (Fsp3) is 0.793. The van der Waals surface area contributed by atoms with Crippen LogP contribution in [0, 0.1) is 0 Å². The number of phosphoric ester groups is 2. The van der Waals surface area contributed by atoms with Crippen LogP contribution in [0.3, 0.4) is 0 Å². The maximum absolute atomic E-state index is 13.2. The fourth-order valence-electron chi connectivity index (χ4n) is 3.60. The third-order valence-corrected chi connectivity index (χ3v) is 8.82. The molecule has 292 valence electrons. The van der Waals surface area contributed by atoms with Gasteiger partial charge in [0.15, 0.2) is 0 Å². The normalized spacial score (nSPS) is 15.8. The molecule has 0 amide bonds. The maximum Gasteiger partial charge on any atom is 0.475 e. The highest BCUT2D eigenvalue weighted by Crippen LogP contribution is 2.50. The second-order valence-corrected chi connectivity index (χ2v) is 14.0. The largest absolute Gasteiger partial charge is 0.475 e. The molecule has 6 unspecified atom stereocenters. The molecular weight excluding hydrogens is 718 g/mol. The summed E-state index contributed by atoms with van der Waals surface area (Å²) in [5, 5.41) is 7.18. The van der Waals surface area contributed by atoms with Crippen molar-refractivity contribution in [2.24, 2.45) is 10.2 Å². The van der Waals surface area contributed by atoms with E-state index in [0.29, 0.717) is 32.1 Å². The van der Waals surface area contributed by atoms with E-state index < -0.39 is 39.7 Å². The van der Waals surface area contributed by atoms with Crippen molar-refractivity contribution in [1.82, 2.24) is 0 Å². The van der Waals surface area contributed by atoms with Crippen LogP contribution in [-0.4, -0.2) is 102 Å². The average Bonchev–Trinajstić information content (AvgIpc) is 3.07. The van der Waals surface area contributed by atoms with Gasteiger partial charge in [-0.1, -0.05) is 22.4 Å². The van der Waals surface area contributed by atoms with Gasteiger partial charge < -0.3 is 18.9 Å². The Morgan fingerprint density at radius 1 is 0.647 bits per heavy atom. The Morgan fingerprint density at radius 3 is 1.37 bits per heavy atom. The Hall–Kier alpha value is -2.82. The smallest absolute Gasteiger partial charge is 0.463 e. The number of hydrogen-bond donors (Lipinski definition) is 0. The van der Waals surface area contributed by atoms with Crippen LogP contribution in [-0.2, 0) is 64.8 Å². The van der Waals surface area contributed by atoms with Crippen molar-refractivity contribution < 1.29 is 64.8 Å². The average molecular weight is 771 g/mol. The van der Waals surface area contributed by atoms with Crippen molar-refractivity contribution in [3.8, 4) is 0 Å². The van der Waals surface area contributed by atoms with E-state index in [4.69, 9.17) is 57.2 Å². The molecule has 0 heterocycles. The highest BCUT2D eigenvalue weighted by Gasteiger charge is 2.29. The zero-order valence-corrected chi connectivity index (χ0v) is 31.6. The van der Waals surface area contributed by atoms with Crippen molar-refractivity contribution in [3.05, 3.63) is 46.2 Å². The summed E-state index contributed by atoms with van der Waals surface area (Å²) in [6.45, 7) is 12.4. The summed E-state index contributed by atoms with van der Waals surface area (Å²) in [4.78, 5) is 27.6. The van der Waals surface area contributed by atoms with Crippen LogP contribution in [0.4, 0.5) is 0 Å². The molecule has 51 heavy (non-hydrogen) atoms. The Balaban J connectivity index is 4.80. The molecule has 0 bridgehead atoms. The van der Waals surface area contributed by atoms with Gasteiger partial charge in [0.05, 0.1) is 78.2 Å². The number of esters is 2. The monoisotopic (exact) mass is 770 g/mol. The molecule has 0 fully saturated rings. The van der Waals surface area contributed by atoms with Gasteiger partial charge in [0, 0.05) is 36.5 Å². The van der Waals surface area contributed by atoms with Crippen molar-refractivity contribution >= 4 is 27.6 Å². The lowest BCUT2D eigenvalue weighted by atomic mass is 10.2. The highest BCUT2D eigenvalue weighted by molar-refractivity contribution is 7.48. The van der Waals surface area contributed by atoms with E-state index in [1.807, 2.05) is 0 Å². The van der Waals surface area contributed by atoms with E-state index in [1.54, 1.807) is 13.8 Å². The molecular formula is C29H52N6O14P2. The van der Waals surface area contributed by atoms with Crippen LogP contribution in [0.5, 0.6) is 0 Å². The first-order valence-corrected chi connectivity index (χ1v) is 19.1. The molecule has 0 saturated carbocycles. The lowest BCUT2D eigenvalue weighted by Crippen LogP contribution is -2.22. The Morgan fingerprint density at radius 2 is 1.04 bits per heavy atom. The van der Waals surface area contributed by atoms with Crippen molar-refractivity contribution in [2.45, 2.75) is 84.1 Å². The summed E-state index contributed by atoms with van der Waals surface area (Å²) < 4.78 is 79.4. The lowest BCUT2D eigenvalue weighted by molar-refractivity contribution is -0.147. The minimum atomic E-state index is -4.08. The van der Waals surface area contributed by atoms with Gasteiger partial charge in [0.25, 0.3) is 0 Å². The van der Waals surface area contributed by atoms with Gasteiger partial charge in [-0.15, -0.1) is 13.2 Å². The predicted molar refractivity (Wildman–Crippen MR) is 184 cm³/mol. The van der Waals surface area contributed by atoms with Crippen LogP contribution >= 0.6 is 15.6 Å². The van der Waals surface area contributed by atoms with Crippen LogP contribution < -0.4 is 0 Å². The van der Waals surface area contributed by atoms with Crippen LogP contribution in [0.15, 0.2) is 35.5 Å². The number of ether oxygens (including phenoxy) is 4. The molecule has 0 saturated heterocycles. The van der Waals surface area contributed by atoms with Gasteiger partial charge in [0.2, 0.25) is 0 Å². The highest BCUT2D eigenvalue weighted by atomic mass is 31.2. The van der Waals surface area contributed by atoms with E-state index in [9.17, 15) is 18.7 Å². The topological polar surface area (TPSA) is 258 Å². The lowest BCUT2D eigenvalue weighted by Gasteiger charge is -2.20. The first-order valence-electron chi connectivity index (χ1n) is 16.2. The molecule has 20 nitrogen and oxygen atoms in total. The molecule has 0 radical (unpaired) electrons. The van der Waals surface area contributed by atoms with Crippen LogP contribution in [0.1, 0.15) is 59.8 Å². The molecule has 0 aliphatic carbocycles. The molecule has 6 atom stereocenters. The number of phosphoric acid groups is 2. The maximum atomic E-state index is 13.2. The van der Waals surface area contributed by atoms with Crippen molar-refractivity contribution in [2.75, 3.05) is 66.1 Å². The molecule has 0 aromatic heterocycles. The Kier molecular flexibility index (Phi) is 28.1. The number of unbranched alkanes of at least 4 members (excludes halogenated alkanes) is 2. The molecule has 0 N–H and O–H groups in total. The van der Waals surface area contributed by atoms with Crippen LogP contribution in [0.25, 0.3) is 20.9 Å². The first-order chi connectivity index (χ1) is 24.3. The SMILES string of the molecule is C=CCOP(=O)(OCCCCCOP(=O)(OCC=C)OCC(COCCC(C)OC(C)=O)N=[N+]=[N-])OCC(COCCC(C)OC(C)=O)N=[N+]=[N-]. The molecule has 0 aromatic carbocycles. The molecule has 0 rings (SSSR count). The van der Waals surface area contributed by atoms with E-state index in [1.165, 1.54) is 26.0 Å². The van der Waals surface area contributed by atoms with Crippen molar-refractivity contribution in [1.29, 1.82) is 0 Å². The third-order valence-electron chi connectivity index (χ3n) is 5.96. The number of azide groups is 2. The van der Waals surface area contributed by atoms with E-state index >= 15 is 0 Å². The van der Waals surface area contributed by atoms with Gasteiger partial charge in [-0.25, -0.2) is 9.13 Å². The molecule has 0 spiro atoms. The quantitative estimate of drug-likeness (QED) is 0.0122. The Bertz CT molecular complexity index is 1130. The second kappa shape index (κ2) is 29.7. The predicted octanol–water partition coefficient (Wildman–Crippen LogP) is 6.92. The minimum Gasteiger partial charge on any atom is -0.463 e. The summed E-state index contributed by atoms with van der Waals surface area (Å²) in [5.74, 6) is -0.815. The second-order valence-electron chi connectivity index (χ2n) is 10.7. The fourth-order valence-corrected chi connectivity index (χ4v) is 6.04.